The monoisotopic (exact) mass is 348 g/mol. The number of pyridine rings is 2. The van der Waals surface area contributed by atoms with Crippen LogP contribution >= 0.6 is 0 Å². The van der Waals surface area contributed by atoms with Gasteiger partial charge in [0.25, 0.3) is 0 Å². The van der Waals surface area contributed by atoms with Crippen LogP contribution in [0.2, 0.25) is 0 Å². The number of aryl methyl sites for hydroxylation is 2. The summed E-state index contributed by atoms with van der Waals surface area (Å²) in [4.78, 5) is 21.2. The van der Waals surface area contributed by atoms with Crippen molar-refractivity contribution < 1.29 is 14.3 Å². The van der Waals surface area contributed by atoms with Crippen LogP contribution in [0.5, 0.6) is 5.75 Å². The van der Waals surface area contributed by atoms with Crippen LogP contribution in [0.25, 0.3) is 11.1 Å². The minimum Gasteiger partial charge on any atom is -0.494 e. The molecule has 0 aliphatic carbocycles. The molecule has 2 heterocycles. The molecule has 0 fully saturated rings. The molecule has 0 atom stereocenters. The van der Waals surface area contributed by atoms with Crippen molar-refractivity contribution >= 4 is 5.97 Å². The molecule has 0 aliphatic rings. The van der Waals surface area contributed by atoms with E-state index in [0.29, 0.717) is 11.3 Å². The molecule has 0 radical (unpaired) electrons. The van der Waals surface area contributed by atoms with Gasteiger partial charge in [-0.3, -0.25) is 9.97 Å². The maximum atomic E-state index is 12.7. The van der Waals surface area contributed by atoms with Gasteiger partial charge < -0.3 is 9.47 Å². The lowest BCUT2D eigenvalue weighted by Gasteiger charge is -2.14. The Bertz CT molecular complexity index is 924. The topological polar surface area (TPSA) is 61.3 Å². The van der Waals surface area contributed by atoms with Gasteiger partial charge in [0.15, 0.2) is 0 Å². The van der Waals surface area contributed by atoms with Crippen LogP contribution in [0.4, 0.5) is 0 Å². The fourth-order valence-corrected chi connectivity index (χ4v) is 2.67. The lowest BCUT2D eigenvalue weighted by Crippen LogP contribution is -2.08. The molecule has 2 aromatic heterocycles. The number of ether oxygens (including phenoxy) is 2. The number of hydrogen-bond acceptors (Lipinski definition) is 5. The van der Waals surface area contributed by atoms with Gasteiger partial charge in [0.1, 0.15) is 12.4 Å². The fraction of sp³-hybridized carbons (Fsp3) is 0.190. The molecular formula is C21H20N2O3. The van der Waals surface area contributed by atoms with Crippen LogP contribution < -0.4 is 4.74 Å². The number of hydrogen-bond donors (Lipinski definition) is 0. The summed E-state index contributed by atoms with van der Waals surface area (Å²) < 4.78 is 10.9. The van der Waals surface area contributed by atoms with Gasteiger partial charge in [-0.1, -0.05) is 30.3 Å². The molecule has 0 spiro atoms. The Morgan fingerprint density at radius 2 is 1.62 bits per heavy atom. The van der Waals surface area contributed by atoms with E-state index < -0.39 is 5.97 Å². The Balaban J connectivity index is 1.96. The third-order valence-electron chi connectivity index (χ3n) is 3.99. The molecule has 0 unspecified atom stereocenters. The van der Waals surface area contributed by atoms with E-state index in [1.165, 1.54) is 0 Å². The first kappa shape index (κ1) is 17.6. The van der Waals surface area contributed by atoms with E-state index in [1.54, 1.807) is 19.5 Å². The number of benzene rings is 1. The summed E-state index contributed by atoms with van der Waals surface area (Å²) in [5, 5.41) is 0. The SMILES string of the molecule is COc1cnc(C)cc1-c1cc(C)ncc1C(=O)OCc1ccccc1. The van der Waals surface area contributed by atoms with E-state index >= 15 is 0 Å². The molecule has 132 valence electrons. The third-order valence-corrected chi connectivity index (χ3v) is 3.99. The molecule has 0 saturated heterocycles. The molecule has 5 nitrogen and oxygen atoms in total. The molecule has 26 heavy (non-hydrogen) atoms. The summed E-state index contributed by atoms with van der Waals surface area (Å²) in [6.45, 7) is 3.98. The molecule has 0 saturated carbocycles. The molecule has 0 aliphatic heterocycles. The third kappa shape index (κ3) is 3.88. The number of esters is 1. The van der Waals surface area contributed by atoms with Crippen LogP contribution in [-0.4, -0.2) is 23.0 Å². The Hall–Kier alpha value is -3.21. The van der Waals surface area contributed by atoms with Gasteiger partial charge in [0.2, 0.25) is 0 Å². The van der Waals surface area contributed by atoms with Gasteiger partial charge >= 0.3 is 5.97 Å². The van der Waals surface area contributed by atoms with Crippen LogP contribution in [0.3, 0.4) is 0 Å². The molecule has 0 N–H and O–H groups in total. The normalized spacial score (nSPS) is 10.4. The minimum atomic E-state index is -0.423. The van der Waals surface area contributed by atoms with Gasteiger partial charge in [-0.25, -0.2) is 4.79 Å². The summed E-state index contributed by atoms with van der Waals surface area (Å²) in [6.07, 6.45) is 3.20. The molecule has 3 aromatic rings. The van der Waals surface area contributed by atoms with E-state index in [1.807, 2.05) is 56.3 Å². The van der Waals surface area contributed by atoms with E-state index in [0.717, 1.165) is 28.1 Å². The van der Waals surface area contributed by atoms with E-state index in [9.17, 15) is 4.79 Å². The van der Waals surface area contributed by atoms with Crippen molar-refractivity contribution in [3.8, 4) is 16.9 Å². The van der Waals surface area contributed by atoms with E-state index in [4.69, 9.17) is 9.47 Å². The summed E-state index contributed by atoms with van der Waals surface area (Å²) >= 11 is 0. The standard InChI is InChI=1S/C21H20N2O3/c1-14-9-17(18-10-15(2)23-12-20(18)25-3)19(11-22-14)21(24)26-13-16-7-5-4-6-8-16/h4-12H,13H2,1-3H3. The maximum absolute atomic E-state index is 12.7. The summed E-state index contributed by atoms with van der Waals surface area (Å²) in [5.41, 5.74) is 4.47. The van der Waals surface area contributed by atoms with Crippen molar-refractivity contribution in [3.63, 3.8) is 0 Å². The van der Waals surface area contributed by atoms with Crippen LogP contribution in [0.1, 0.15) is 27.3 Å². The Kier molecular flexibility index (Phi) is 5.27. The van der Waals surface area contributed by atoms with Gasteiger partial charge in [0.05, 0.1) is 18.9 Å². The van der Waals surface area contributed by atoms with Crippen molar-refractivity contribution in [1.29, 1.82) is 0 Å². The second-order valence-electron chi connectivity index (χ2n) is 5.96. The van der Waals surface area contributed by atoms with E-state index in [2.05, 4.69) is 9.97 Å². The molecule has 0 bridgehead atoms. The molecule has 0 amide bonds. The number of carbonyl (C=O) groups is 1. The minimum absolute atomic E-state index is 0.208. The summed E-state index contributed by atoms with van der Waals surface area (Å²) in [6, 6.07) is 13.3. The zero-order valence-electron chi connectivity index (χ0n) is 15.0. The fourth-order valence-electron chi connectivity index (χ4n) is 2.67. The Morgan fingerprint density at radius 1 is 0.962 bits per heavy atom. The lowest BCUT2D eigenvalue weighted by molar-refractivity contribution is 0.0473. The molecular weight excluding hydrogens is 328 g/mol. The molecule has 1 aromatic carbocycles. The van der Waals surface area contributed by atoms with Crippen molar-refractivity contribution in [2.75, 3.05) is 7.11 Å². The van der Waals surface area contributed by atoms with Gasteiger partial charge in [-0.2, -0.15) is 0 Å². The lowest BCUT2D eigenvalue weighted by atomic mass is 10.00. The first-order chi connectivity index (χ1) is 12.6. The zero-order valence-corrected chi connectivity index (χ0v) is 15.0. The van der Waals surface area contributed by atoms with Crippen molar-refractivity contribution in [1.82, 2.24) is 9.97 Å². The number of carbonyl (C=O) groups excluding carboxylic acids is 1. The average Bonchev–Trinajstić information content (AvgIpc) is 2.67. The van der Waals surface area contributed by atoms with Crippen LogP contribution in [0.15, 0.2) is 54.9 Å². The summed E-state index contributed by atoms with van der Waals surface area (Å²) in [5.74, 6) is 0.172. The second-order valence-corrected chi connectivity index (χ2v) is 5.96. The predicted octanol–water partition coefficient (Wildman–Crippen LogP) is 4.13. The smallest absolute Gasteiger partial charge is 0.340 e. The molecule has 3 rings (SSSR count). The van der Waals surface area contributed by atoms with Crippen LogP contribution in [0, 0.1) is 13.8 Å². The Labute approximate surface area is 152 Å². The number of nitrogens with zero attached hydrogens (tertiary/aromatic N) is 2. The first-order valence-corrected chi connectivity index (χ1v) is 8.27. The highest BCUT2D eigenvalue weighted by Crippen LogP contribution is 2.33. The highest BCUT2D eigenvalue weighted by Gasteiger charge is 2.18. The van der Waals surface area contributed by atoms with Gasteiger partial charge in [0, 0.05) is 28.7 Å². The second kappa shape index (κ2) is 7.78. The van der Waals surface area contributed by atoms with Gasteiger partial charge in [-0.05, 0) is 31.5 Å². The first-order valence-electron chi connectivity index (χ1n) is 8.27. The van der Waals surface area contributed by atoms with E-state index in [-0.39, 0.29) is 6.61 Å². The summed E-state index contributed by atoms with van der Waals surface area (Å²) in [7, 11) is 1.58. The van der Waals surface area contributed by atoms with Gasteiger partial charge in [-0.15, -0.1) is 0 Å². The van der Waals surface area contributed by atoms with Crippen LogP contribution in [-0.2, 0) is 11.3 Å². The van der Waals surface area contributed by atoms with Crippen molar-refractivity contribution in [2.45, 2.75) is 20.5 Å². The number of rotatable bonds is 5. The maximum Gasteiger partial charge on any atom is 0.340 e. The number of aromatic nitrogens is 2. The van der Waals surface area contributed by atoms with Crippen molar-refractivity contribution in [3.05, 3.63) is 77.4 Å². The predicted molar refractivity (Wildman–Crippen MR) is 99.1 cm³/mol. The highest BCUT2D eigenvalue weighted by atomic mass is 16.5. The number of methoxy groups -OCH3 is 1. The Morgan fingerprint density at radius 3 is 2.31 bits per heavy atom. The largest absolute Gasteiger partial charge is 0.494 e. The quantitative estimate of drug-likeness (QED) is 0.649. The molecule has 5 heteroatoms. The highest BCUT2D eigenvalue weighted by molar-refractivity contribution is 5.98. The average molecular weight is 348 g/mol. The zero-order chi connectivity index (χ0) is 18.5. The van der Waals surface area contributed by atoms with Crippen molar-refractivity contribution in [2.24, 2.45) is 0 Å².